The van der Waals surface area contributed by atoms with Gasteiger partial charge < -0.3 is 14.6 Å². The Morgan fingerprint density at radius 3 is 2.89 bits per heavy atom. The molecule has 1 aromatic rings. The lowest BCUT2D eigenvalue weighted by atomic mass is 9.97. The molecule has 0 aromatic carbocycles. The van der Waals surface area contributed by atoms with Gasteiger partial charge in [0.2, 0.25) is 0 Å². The lowest BCUT2D eigenvalue weighted by Gasteiger charge is -2.29. The van der Waals surface area contributed by atoms with E-state index < -0.39 is 0 Å². The standard InChI is InChI=1S/C14H25N3O/c1-3-17-9-6-12(7-10-17)14-16-13(11-18-14)5-4-8-15-2/h11-12,15H,3-10H2,1-2H3. The fourth-order valence-electron chi connectivity index (χ4n) is 2.57. The number of nitrogens with zero attached hydrogens (tertiary/aromatic N) is 2. The lowest BCUT2D eigenvalue weighted by Crippen LogP contribution is -2.32. The summed E-state index contributed by atoms with van der Waals surface area (Å²) >= 11 is 0. The molecule has 1 N–H and O–H groups in total. The summed E-state index contributed by atoms with van der Waals surface area (Å²) in [4.78, 5) is 7.14. The monoisotopic (exact) mass is 251 g/mol. The normalized spacial score (nSPS) is 18.3. The minimum absolute atomic E-state index is 0.533. The number of aromatic nitrogens is 1. The van der Waals surface area contributed by atoms with Crippen molar-refractivity contribution in [1.29, 1.82) is 0 Å². The van der Waals surface area contributed by atoms with Crippen LogP contribution in [-0.2, 0) is 6.42 Å². The summed E-state index contributed by atoms with van der Waals surface area (Å²) in [6.07, 6.45) is 6.35. The van der Waals surface area contributed by atoms with Crippen LogP contribution in [0, 0.1) is 0 Å². The number of oxazole rings is 1. The van der Waals surface area contributed by atoms with Gasteiger partial charge in [0.05, 0.1) is 5.69 Å². The molecular weight excluding hydrogens is 226 g/mol. The Balaban J connectivity index is 1.82. The molecule has 1 fully saturated rings. The van der Waals surface area contributed by atoms with E-state index in [1.807, 2.05) is 13.3 Å². The number of rotatable bonds is 6. The van der Waals surface area contributed by atoms with Crippen molar-refractivity contribution in [1.82, 2.24) is 15.2 Å². The predicted octanol–water partition coefficient (Wildman–Crippen LogP) is 2.03. The SMILES string of the molecule is CCN1CCC(c2nc(CCCNC)co2)CC1. The van der Waals surface area contributed by atoms with Gasteiger partial charge in [-0.3, -0.25) is 0 Å². The molecule has 1 aromatic heterocycles. The number of hydrogen-bond acceptors (Lipinski definition) is 4. The minimum atomic E-state index is 0.533. The molecule has 0 spiro atoms. The third-order valence-electron chi connectivity index (χ3n) is 3.81. The van der Waals surface area contributed by atoms with Gasteiger partial charge in [0.25, 0.3) is 0 Å². The first-order valence-electron chi connectivity index (χ1n) is 7.14. The number of hydrogen-bond donors (Lipinski definition) is 1. The molecule has 102 valence electrons. The van der Waals surface area contributed by atoms with E-state index in [-0.39, 0.29) is 0 Å². The predicted molar refractivity (Wildman–Crippen MR) is 72.8 cm³/mol. The van der Waals surface area contributed by atoms with E-state index in [9.17, 15) is 0 Å². The fourth-order valence-corrected chi connectivity index (χ4v) is 2.57. The second-order valence-corrected chi connectivity index (χ2v) is 5.09. The first-order valence-corrected chi connectivity index (χ1v) is 7.14. The zero-order valence-corrected chi connectivity index (χ0v) is 11.6. The molecule has 2 heterocycles. The molecule has 0 radical (unpaired) electrons. The molecule has 0 saturated carbocycles. The Bertz CT molecular complexity index is 343. The quantitative estimate of drug-likeness (QED) is 0.785. The molecule has 1 saturated heterocycles. The summed E-state index contributed by atoms with van der Waals surface area (Å²) < 4.78 is 5.65. The minimum Gasteiger partial charge on any atom is -0.448 e. The number of nitrogens with one attached hydrogen (secondary N) is 1. The van der Waals surface area contributed by atoms with Crippen LogP contribution in [0.3, 0.4) is 0 Å². The molecule has 0 aliphatic carbocycles. The Morgan fingerprint density at radius 2 is 2.22 bits per heavy atom. The first kappa shape index (κ1) is 13.6. The summed E-state index contributed by atoms with van der Waals surface area (Å²) in [6, 6.07) is 0. The van der Waals surface area contributed by atoms with E-state index in [2.05, 4.69) is 22.1 Å². The molecule has 0 amide bonds. The highest BCUT2D eigenvalue weighted by molar-refractivity contribution is 5.02. The summed E-state index contributed by atoms with van der Waals surface area (Å²) in [7, 11) is 1.98. The van der Waals surface area contributed by atoms with Crippen molar-refractivity contribution in [2.24, 2.45) is 0 Å². The van der Waals surface area contributed by atoms with Gasteiger partial charge in [0.15, 0.2) is 5.89 Å². The number of piperidine rings is 1. The maximum absolute atomic E-state index is 5.65. The zero-order valence-electron chi connectivity index (χ0n) is 11.6. The van der Waals surface area contributed by atoms with Gasteiger partial charge in [-0.1, -0.05) is 6.92 Å². The van der Waals surface area contributed by atoms with Gasteiger partial charge in [-0.2, -0.15) is 0 Å². The highest BCUT2D eigenvalue weighted by atomic mass is 16.3. The molecule has 0 atom stereocenters. The van der Waals surface area contributed by atoms with Crippen LogP contribution >= 0.6 is 0 Å². The summed E-state index contributed by atoms with van der Waals surface area (Å²) in [5.41, 5.74) is 1.11. The van der Waals surface area contributed by atoms with Crippen LogP contribution in [0.15, 0.2) is 10.7 Å². The van der Waals surface area contributed by atoms with Crippen LogP contribution in [0.1, 0.15) is 43.7 Å². The zero-order chi connectivity index (χ0) is 12.8. The van der Waals surface area contributed by atoms with Gasteiger partial charge in [0, 0.05) is 5.92 Å². The van der Waals surface area contributed by atoms with E-state index in [1.165, 1.54) is 25.9 Å². The van der Waals surface area contributed by atoms with Crippen molar-refractivity contribution in [3.8, 4) is 0 Å². The summed E-state index contributed by atoms with van der Waals surface area (Å²) in [5.74, 6) is 1.50. The van der Waals surface area contributed by atoms with Crippen molar-refractivity contribution < 1.29 is 4.42 Å². The molecule has 4 nitrogen and oxygen atoms in total. The van der Waals surface area contributed by atoms with Crippen molar-refractivity contribution in [3.63, 3.8) is 0 Å². The maximum atomic E-state index is 5.65. The Labute approximate surface area is 110 Å². The molecule has 1 aliphatic rings. The van der Waals surface area contributed by atoms with Gasteiger partial charge in [0.1, 0.15) is 6.26 Å². The van der Waals surface area contributed by atoms with Gasteiger partial charge >= 0.3 is 0 Å². The highest BCUT2D eigenvalue weighted by Crippen LogP contribution is 2.27. The Morgan fingerprint density at radius 1 is 1.44 bits per heavy atom. The van der Waals surface area contributed by atoms with Crippen molar-refractivity contribution in [2.75, 3.05) is 33.2 Å². The topological polar surface area (TPSA) is 41.3 Å². The average molecular weight is 251 g/mol. The number of likely N-dealkylation sites (tertiary alicyclic amines) is 1. The van der Waals surface area contributed by atoms with Gasteiger partial charge in [-0.05, 0) is 58.9 Å². The Hall–Kier alpha value is -0.870. The largest absolute Gasteiger partial charge is 0.448 e. The van der Waals surface area contributed by atoms with Crippen molar-refractivity contribution in [2.45, 2.75) is 38.5 Å². The van der Waals surface area contributed by atoms with Crippen molar-refractivity contribution in [3.05, 3.63) is 17.8 Å². The van der Waals surface area contributed by atoms with E-state index >= 15 is 0 Å². The van der Waals surface area contributed by atoms with E-state index in [1.54, 1.807) is 0 Å². The molecular formula is C14H25N3O. The fraction of sp³-hybridized carbons (Fsp3) is 0.786. The van der Waals surface area contributed by atoms with Crippen LogP contribution in [0.4, 0.5) is 0 Å². The van der Waals surface area contributed by atoms with Crippen LogP contribution in [0.2, 0.25) is 0 Å². The Kier molecular flexibility index (Phi) is 5.20. The first-order chi connectivity index (χ1) is 8.83. The van der Waals surface area contributed by atoms with E-state index in [0.29, 0.717) is 5.92 Å². The second kappa shape index (κ2) is 6.90. The number of aryl methyl sites for hydroxylation is 1. The molecule has 2 rings (SSSR count). The van der Waals surface area contributed by atoms with Crippen LogP contribution < -0.4 is 5.32 Å². The highest BCUT2D eigenvalue weighted by Gasteiger charge is 2.23. The van der Waals surface area contributed by atoms with Crippen LogP contribution in [-0.4, -0.2) is 43.1 Å². The second-order valence-electron chi connectivity index (χ2n) is 5.09. The molecule has 4 heteroatoms. The van der Waals surface area contributed by atoms with Gasteiger partial charge in [-0.25, -0.2) is 4.98 Å². The smallest absolute Gasteiger partial charge is 0.197 e. The maximum Gasteiger partial charge on any atom is 0.197 e. The van der Waals surface area contributed by atoms with Gasteiger partial charge in [-0.15, -0.1) is 0 Å². The molecule has 0 unspecified atom stereocenters. The summed E-state index contributed by atoms with van der Waals surface area (Å²) in [5, 5.41) is 3.16. The lowest BCUT2D eigenvalue weighted by molar-refractivity contribution is 0.208. The third kappa shape index (κ3) is 3.56. The molecule has 0 bridgehead atoms. The van der Waals surface area contributed by atoms with Crippen LogP contribution in [0.5, 0.6) is 0 Å². The summed E-state index contributed by atoms with van der Waals surface area (Å²) in [6.45, 7) is 6.78. The molecule has 18 heavy (non-hydrogen) atoms. The third-order valence-corrected chi connectivity index (χ3v) is 3.81. The average Bonchev–Trinajstić information content (AvgIpc) is 2.88. The van der Waals surface area contributed by atoms with E-state index in [0.717, 1.165) is 37.5 Å². The van der Waals surface area contributed by atoms with Crippen molar-refractivity contribution >= 4 is 0 Å². The molecule has 1 aliphatic heterocycles. The van der Waals surface area contributed by atoms with Crippen LogP contribution in [0.25, 0.3) is 0 Å². The van der Waals surface area contributed by atoms with E-state index in [4.69, 9.17) is 4.42 Å².